The monoisotopic (exact) mass is 1020 g/mol. The van der Waals surface area contributed by atoms with Crippen molar-refractivity contribution in [1.82, 2.24) is 5.32 Å². The average molecular weight is 1020 g/mol. The van der Waals surface area contributed by atoms with E-state index in [1.165, 1.54) is 0 Å². The minimum atomic E-state index is -0.716. The second-order valence-corrected chi connectivity index (χ2v) is 18.8. The van der Waals surface area contributed by atoms with Crippen LogP contribution in [0.1, 0.15) is 93.3 Å². The standard InChI is InChI=1S/C67H53NO9/c69-63(59-54(67(71)76-44-49-27-14-5-15-28-49)31-18-32-56(59)73-41-46-21-8-2-9-22-46)60-57(74-42-47-23-10-3-11-24-47)37-38-58-61(60)65(75-43-48-25-12-4-13-26-48)64(77-58)55-39-51-29-16-17-30-53(51)62(55)68-66(70)50-33-35-52(36-34-50)72-40-45-19-6-1-7-20-45/h1-38,55,62H,39-44H2,(H,68,70). The number of carbonyl (C=O) groups is 3. The van der Waals surface area contributed by atoms with Crippen molar-refractivity contribution in [2.45, 2.75) is 51.4 Å². The summed E-state index contributed by atoms with van der Waals surface area (Å²) in [5.41, 5.74) is 7.22. The van der Waals surface area contributed by atoms with Crippen molar-refractivity contribution < 1.29 is 42.5 Å². The van der Waals surface area contributed by atoms with E-state index in [2.05, 4.69) is 11.4 Å². The van der Waals surface area contributed by atoms with Crippen LogP contribution in [0, 0.1) is 0 Å². The third kappa shape index (κ3) is 11.4. The molecule has 77 heavy (non-hydrogen) atoms. The molecule has 0 saturated carbocycles. The normalized spacial score (nSPS) is 13.6. The number of benzene rings is 9. The Hall–Kier alpha value is -9.67. The molecule has 0 fully saturated rings. The fourth-order valence-electron chi connectivity index (χ4n) is 9.76. The van der Waals surface area contributed by atoms with E-state index in [-0.39, 0.29) is 60.5 Å². The minimum absolute atomic E-state index is 0.00258. The zero-order valence-electron chi connectivity index (χ0n) is 42.0. The molecule has 0 bridgehead atoms. The topological polar surface area (TPSA) is 123 Å². The number of rotatable bonds is 20. The van der Waals surface area contributed by atoms with Crippen LogP contribution in [0.2, 0.25) is 0 Å². The molecule has 1 N–H and O–H groups in total. The molecule has 0 radical (unpaired) electrons. The van der Waals surface area contributed by atoms with Gasteiger partial charge < -0.3 is 33.4 Å². The molecule has 0 saturated heterocycles. The van der Waals surface area contributed by atoms with Crippen molar-refractivity contribution in [2.75, 3.05) is 0 Å². The lowest BCUT2D eigenvalue weighted by atomic mass is 9.92. The average Bonchev–Trinajstić information content (AvgIpc) is 4.18. The molecular weight excluding hydrogens is 963 g/mol. The summed E-state index contributed by atoms with van der Waals surface area (Å²) in [4.78, 5) is 45.1. The van der Waals surface area contributed by atoms with E-state index >= 15 is 4.79 Å². The maximum absolute atomic E-state index is 16.2. The van der Waals surface area contributed by atoms with Crippen molar-refractivity contribution in [3.63, 3.8) is 0 Å². The van der Waals surface area contributed by atoms with Gasteiger partial charge in [-0.1, -0.05) is 182 Å². The molecule has 10 nitrogen and oxygen atoms in total. The van der Waals surface area contributed by atoms with Gasteiger partial charge in [0.1, 0.15) is 55.9 Å². The number of nitrogens with one attached hydrogen (secondary N) is 1. The van der Waals surface area contributed by atoms with Crippen LogP contribution < -0.4 is 24.3 Å². The first-order chi connectivity index (χ1) is 37.9. The van der Waals surface area contributed by atoms with Crippen LogP contribution in [-0.2, 0) is 44.2 Å². The molecule has 1 aliphatic carbocycles. The Morgan fingerprint density at radius 1 is 0.468 bits per heavy atom. The summed E-state index contributed by atoms with van der Waals surface area (Å²) in [6, 6.07) is 71.1. The summed E-state index contributed by atoms with van der Waals surface area (Å²) >= 11 is 0. The minimum Gasteiger partial charge on any atom is -0.489 e. The molecule has 1 amide bonds. The molecule has 0 aliphatic heterocycles. The van der Waals surface area contributed by atoms with Gasteiger partial charge in [-0.3, -0.25) is 9.59 Å². The van der Waals surface area contributed by atoms with Crippen molar-refractivity contribution in [1.29, 1.82) is 0 Å². The predicted octanol–water partition coefficient (Wildman–Crippen LogP) is 14.1. The van der Waals surface area contributed by atoms with Gasteiger partial charge in [0.05, 0.1) is 28.1 Å². The van der Waals surface area contributed by atoms with E-state index < -0.39 is 23.7 Å². The third-order valence-corrected chi connectivity index (χ3v) is 13.6. The first-order valence-corrected chi connectivity index (χ1v) is 25.6. The van der Waals surface area contributed by atoms with Gasteiger partial charge in [0, 0.05) is 11.5 Å². The molecule has 0 spiro atoms. The number of amides is 1. The molecule has 1 aromatic heterocycles. The van der Waals surface area contributed by atoms with Crippen LogP contribution in [0.25, 0.3) is 11.0 Å². The van der Waals surface area contributed by atoms with E-state index in [1.807, 2.05) is 170 Å². The van der Waals surface area contributed by atoms with E-state index in [4.69, 9.17) is 28.1 Å². The number of fused-ring (bicyclic) bond motifs is 2. The Morgan fingerprint density at radius 2 is 0.974 bits per heavy atom. The first-order valence-electron chi connectivity index (χ1n) is 25.6. The first kappa shape index (κ1) is 49.5. The summed E-state index contributed by atoms with van der Waals surface area (Å²) in [7, 11) is 0. The van der Waals surface area contributed by atoms with Crippen molar-refractivity contribution >= 4 is 28.6 Å². The van der Waals surface area contributed by atoms with Gasteiger partial charge in [0.15, 0.2) is 11.5 Å². The van der Waals surface area contributed by atoms with Gasteiger partial charge in [-0.2, -0.15) is 0 Å². The molecule has 9 aromatic carbocycles. The van der Waals surface area contributed by atoms with Gasteiger partial charge in [0.2, 0.25) is 5.78 Å². The Morgan fingerprint density at radius 3 is 1.56 bits per heavy atom. The van der Waals surface area contributed by atoms with Gasteiger partial charge in [0.25, 0.3) is 5.91 Å². The SMILES string of the molecule is O=C(NC1c2ccccc2CC1c1oc2ccc(OCc3ccccc3)c(C(=O)c3c(OCc4ccccc4)cccc3C(=O)OCc3ccccc3)c2c1OCc1ccccc1)c1ccc(OCc2ccccc2)cc1. The maximum atomic E-state index is 16.2. The van der Waals surface area contributed by atoms with Crippen LogP contribution in [0.4, 0.5) is 0 Å². The molecule has 2 atom stereocenters. The fourth-order valence-corrected chi connectivity index (χ4v) is 9.76. The summed E-state index contributed by atoms with van der Waals surface area (Å²) in [6.07, 6.45) is 0.475. The molecule has 2 unspecified atom stereocenters. The van der Waals surface area contributed by atoms with Gasteiger partial charge in [-0.05, 0) is 93.9 Å². The summed E-state index contributed by atoms with van der Waals surface area (Å²) in [6.45, 7) is 0.691. The number of hydrogen-bond donors (Lipinski definition) is 1. The number of ether oxygens (including phenoxy) is 5. The Balaban J connectivity index is 1.03. The van der Waals surface area contributed by atoms with Crippen molar-refractivity contribution in [2.24, 2.45) is 0 Å². The Bertz CT molecular complexity index is 3640. The number of furan rings is 1. The molecule has 1 aliphatic rings. The van der Waals surface area contributed by atoms with Gasteiger partial charge in [-0.15, -0.1) is 0 Å². The highest BCUT2D eigenvalue weighted by molar-refractivity contribution is 6.23. The molecule has 1 heterocycles. The molecule has 11 rings (SSSR count). The summed E-state index contributed by atoms with van der Waals surface area (Å²) in [5, 5.41) is 3.69. The lowest BCUT2D eigenvalue weighted by Crippen LogP contribution is -2.30. The zero-order chi connectivity index (χ0) is 52.3. The van der Waals surface area contributed by atoms with Gasteiger partial charge in [-0.25, -0.2) is 4.79 Å². The second kappa shape index (κ2) is 23.3. The Labute approximate surface area is 446 Å². The van der Waals surface area contributed by atoms with Crippen molar-refractivity contribution in [3.05, 3.63) is 297 Å². The zero-order valence-corrected chi connectivity index (χ0v) is 42.0. The van der Waals surface area contributed by atoms with E-state index in [0.717, 1.165) is 38.9 Å². The largest absolute Gasteiger partial charge is 0.489 e. The van der Waals surface area contributed by atoms with E-state index in [9.17, 15) is 9.59 Å². The lowest BCUT2D eigenvalue weighted by Gasteiger charge is -2.22. The number of carbonyl (C=O) groups excluding carboxylic acids is 3. The maximum Gasteiger partial charge on any atom is 0.339 e. The van der Waals surface area contributed by atoms with Crippen LogP contribution in [0.5, 0.6) is 23.0 Å². The fraction of sp³-hybridized carbons (Fsp3) is 0.119. The van der Waals surface area contributed by atoms with Crippen LogP contribution in [-0.4, -0.2) is 17.7 Å². The van der Waals surface area contributed by atoms with Gasteiger partial charge >= 0.3 is 5.97 Å². The second-order valence-electron chi connectivity index (χ2n) is 18.8. The molecule has 380 valence electrons. The smallest absolute Gasteiger partial charge is 0.339 e. The van der Waals surface area contributed by atoms with Crippen LogP contribution in [0.15, 0.2) is 235 Å². The third-order valence-electron chi connectivity index (χ3n) is 13.6. The van der Waals surface area contributed by atoms with Crippen molar-refractivity contribution in [3.8, 4) is 23.0 Å². The highest BCUT2D eigenvalue weighted by Gasteiger charge is 2.41. The number of esters is 1. The summed E-state index contributed by atoms with van der Waals surface area (Å²) < 4.78 is 39.2. The molecule has 10 aromatic rings. The van der Waals surface area contributed by atoms with E-state index in [0.29, 0.717) is 46.8 Å². The van der Waals surface area contributed by atoms with E-state index in [1.54, 1.807) is 54.6 Å². The highest BCUT2D eigenvalue weighted by Crippen LogP contribution is 2.51. The summed E-state index contributed by atoms with van der Waals surface area (Å²) in [5.74, 6) is -0.355. The molecule has 10 heteroatoms. The quantitative estimate of drug-likeness (QED) is 0.0587. The highest BCUT2D eigenvalue weighted by atomic mass is 16.5. The molecular formula is C67H53NO9. The number of hydrogen-bond acceptors (Lipinski definition) is 9. The van der Waals surface area contributed by atoms with Crippen LogP contribution >= 0.6 is 0 Å². The Kier molecular flexibility index (Phi) is 15.0. The van der Waals surface area contributed by atoms with Crippen LogP contribution in [0.3, 0.4) is 0 Å². The number of ketones is 1. The lowest BCUT2D eigenvalue weighted by molar-refractivity contribution is 0.0469. The predicted molar refractivity (Wildman–Crippen MR) is 294 cm³/mol.